The van der Waals surface area contributed by atoms with Crippen LogP contribution in [-0.2, 0) is 32.9 Å². The number of methoxy groups -OCH3 is 1. The molecule has 2 aromatic rings. The minimum Gasteiger partial charge on any atom is -0.479 e. The summed E-state index contributed by atoms with van der Waals surface area (Å²) in [6, 6.07) is -2.16. The summed E-state index contributed by atoms with van der Waals surface area (Å²) < 4.78 is 44.2. The highest BCUT2D eigenvalue weighted by atomic mass is 31.2. The van der Waals surface area contributed by atoms with Crippen LogP contribution in [0.2, 0.25) is 0 Å². The Kier molecular flexibility index (Phi) is 15.4. The van der Waals surface area contributed by atoms with E-state index in [0.29, 0.717) is 12.8 Å². The summed E-state index contributed by atoms with van der Waals surface area (Å²) in [6.07, 6.45) is 0.489. The molecule has 284 valence electrons. The molecule has 0 bridgehead atoms. The van der Waals surface area contributed by atoms with Crippen molar-refractivity contribution in [1.29, 1.82) is 0 Å². The van der Waals surface area contributed by atoms with Gasteiger partial charge in [0.15, 0.2) is 11.7 Å². The van der Waals surface area contributed by atoms with Crippen LogP contribution in [0.4, 0.5) is 0 Å². The van der Waals surface area contributed by atoms with Gasteiger partial charge in [0.1, 0.15) is 35.5 Å². The summed E-state index contributed by atoms with van der Waals surface area (Å²) in [5.41, 5.74) is -2.40. The first-order valence-corrected chi connectivity index (χ1v) is 18.9. The Bertz CT molecular complexity index is 1470. The van der Waals surface area contributed by atoms with Crippen LogP contribution in [0.3, 0.4) is 0 Å². The van der Waals surface area contributed by atoms with E-state index in [1.165, 1.54) is 24.9 Å². The molecular formula is C32H55N6O11P. The third-order valence-corrected chi connectivity index (χ3v) is 9.98. The van der Waals surface area contributed by atoms with Crippen molar-refractivity contribution in [3.05, 3.63) is 16.8 Å². The van der Waals surface area contributed by atoms with Gasteiger partial charge in [0.25, 0.3) is 0 Å². The average Bonchev–Trinajstić information content (AvgIpc) is 3.55. The second-order valence-electron chi connectivity index (χ2n) is 13.6. The highest BCUT2D eigenvalue weighted by Gasteiger charge is 2.54. The van der Waals surface area contributed by atoms with E-state index < -0.39 is 68.0 Å². The van der Waals surface area contributed by atoms with Gasteiger partial charge in [0, 0.05) is 0 Å². The molecule has 5 N–H and O–H groups in total. The Morgan fingerprint density at radius 1 is 1.06 bits per heavy atom. The standard InChI is InChI=1S/C32H55N6O11P/c1-9-11-13-46-28(40)21(15-19(3)4)36-50(44,37-22(16-20(5)6)29(41)47-14-12-10-2)48-17-23-25(39)32(7,43)30(49-23)38-18-33-24-26(38)34-31(42)35-27(24)45-8/h18-23,25,30,39,43H,9-17H2,1-8H3,(H,34,35,42)(H2,36,37,44)/t21-,22-,23+,25+,30+,32+/m0/s1. The number of esters is 2. The lowest BCUT2D eigenvalue weighted by Gasteiger charge is -2.30. The molecule has 3 rings (SSSR count). The summed E-state index contributed by atoms with van der Waals surface area (Å²) in [5.74, 6) is -1.35. The van der Waals surface area contributed by atoms with E-state index >= 15 is 0 Å². The molecule has 0 spiro atoms. The number of aliphatic hydroxyl groups excluding tert-OH is 1. The summed E-state index contributed by atoms with van der Waals surface area (Å²) in [4.78, 5) is 49.2. The van der Waals surface area contributed by atoms with E-state index in [1.54, 1.807) is 0 Å². The molecule has 0 aromatic carbocycles. The SMILES string of the molecule is CCCCOC(=O)[C@H](CC(C)C)NP(=O)(N[C@@H](CC(C)C)C(=O)OCCCC)OC[C@H]1O[C@@H](n2cnc3c(OC)nc(=O)[nH]c32)[C@](C)(O)[C@@H]1O. The Labute approximate surface area is 292 Å². The summed E-state index contributed by atoms with van der Waals surface area (Å²) in [6.45, 7) is 12.6. The molecule has 6 atom stereocenters. The number of aliphatic hydroxyl groups is 2. The number of carbonyl (C=O) groups is 2. The number of unbranched alkanes of at least 4 members (excludes halogenated alkanes) is 2. The largest absolute Gasteiger partial charge is 0.479 e. The van der Waals surface area contributed by atoms with Gasteiger partial charge in [-0.3, -0.25) is 23.7 Å². The summed E-state index contributed by atoms with van der Waals surface area (Å²) in [5, 5.41) is 28.3. The van der Waals surface area contributed by atoms with Crippen LogP contribution in [0.1, 0.15) is 93.2 Å². The Morgan fingerprint density at radius 3 is 2.08 bits per heavy atom. The number of fused-ring (bicyclic) bond motifs is 1. The lowest BCUT2D eigenvalue weighted by Crippen LogP contribution is -2.47. The van der Waals surface area contributed by atoms with Crippen molar-refractivity contribution in [3.63, 3.8) is 0 Å². The zero-order chi connectivity index (χ0) is 37.2. The van der Waals surface area contributed by atoms with Gasteiger partial charge in [-0.15, -0.1) is 0 Å². The lowest BCUT2D eigenvalue weighted by molar-refractivity contribution is -0.146. The second kappa shape index (κ2) is 18.5. The molecule has 18 heteroatoms. The average molecular weight is 731 g/mol. The summed E-state index contributed by atoms with van der Waals surface area (Å²) in [7, 11) is -3.03. The third-order valence-electron chi connectivity index (χ3n) is 8.17. The van der Waals surface area contributed by atoms with Crippen LogP contribution in [-0.4, -0.2) is 98.5 Å². The molecular weight excluding hydrogens is 675 g/mol. The van der Waals surface area contributed by atoms with Crippen molar-refractivity contribution >= 4 is 30.8 Å². The maximum absolute atomic E-state index is 14.7. The monoisotopic (exact) mass is 730 g/mol. The topological polar surface area (TPSA) is 225 Å². The fourth-order valence-corrected chi connectivity index (χ4v) is 7.32. The summed E-state index contributed by atoms with van der Waals surface area (Å²) >= 11 is 0. The minimum atomic E-state index is -4.35. The van der Waals surface area contributed by atoms with Gasteiger partial charge in [-0.1, -0.05) is 54.4 Å². The highest BCUT2D eigenvalue weighted by Crippen LogP contribution is 2.45. The van der Waals surface area contributed by atoms with E-state index in [4.69, 9.17) is 23.5 Å². The maximum Gasteiger partial charge on any atom is 0.349 e. The molecule has 0 aliphatic carbocycles. The van der Waals surface area contributed by atoms with Gasteiger partial charge in [-0.05, 0) is 44.4 Å². The predicted molar refractivity (Wildman–Crippen MR) is 183 cm³/mol. The van der Waals surface area contributed by atoms with Crippen molar-refractivity contribution in [2.45, 2.75) is 123 Å². The molecule has 1 aliphatic heterocycles. The smallest absolute Gasteiger partial charge is 0.349 e. The van der Waals surface area contributed by atoms with E-state index in [2.05, 4.69) is 25.1 Å². The van der Waals surface area contributed by atoms with Crippen LogP contribution in [0.25, 0.3) is 11.2 Å². The number of carbonyl (C=O) groups excluding carboxylic acids is 2. The maximum atomic E-state index is 14.7. The molecule has 0 saturated carbocycles. The van der Waals surface area contributed by atoms with Gasteiger partial charge in [-0.2, -0.15) is 4.98 Å². The Balaban J connectivity index is 1.94. The molecule has 0 amide bonds. The van der Waals surface area contributed by atoms with E-state index in [9.17, 15) is 29.2 Å². The number of hydrogen-bond acceptors (Lipinski definition) is 13. The minimum absolute atomic E-state index is 0.0220. The second-order valence-corrected chi connectivity index (χ2v) is 15.5. The molecule has 0 unspecified atom stereocenters. The number of H-pyrrole nitrogens is 1. The fourth-order valence-electron chi connectivity index (χ4n) is 5.50. The number of imidazole rings is 1. The highest BCUT2D eigenvalue weighted by molar-refractivity contribution is 7.54. The molecule has 1 fully saturated rings. The Morgan fingerprint density at radius 2 is 1.60 bits per heavy atom. The van der Waals surface area contributed by atoms with Gasteiger partial charge in [-0.25, -0.2) is 20.0 Å². The van der Waals surface area contributed by atoms with Gasteiger partial charge >= 0.3 is 25.3 Å². The fraction of sp³-hybridized carbons (Fsp3) is 0.781. The lowest BCUT2D eigenvalue weighted by atomic mass is 9.96. The van der Waals surface area contributed by atoms with Crippen molar-refractivity contribution in [3.8, 4) is 5.88 Å². The van der Waals surface area contributed by atoms with Crippen molar-refractivity contribution < 1.29 is 47.8 Å². The van der Waals surface area contributed by atoms with Crippen molar-refractivity contribution in [2.75, 3.05) is 26.9 Å². The van der Waals surface area contributed by atoms with Gasteiger partial charge < -0.3 is 33.7 Å². The van der Waals surface area contributed by atoms with Gasteiger partial charge in [0.05, 0.1) is 33.3 Å². The normalized spacial score (nSPS) is 22.3. The number of nitrogens with zero attached hydrogens (tertiary/aromatic N) is 3. The molecule has 50 heavy (non-hydrogen) atoms. The molecule has 3 heterocycles. The van der Waals surface area contributed by atoms with Crippen LogP contribution in [0, 0.1) is 11.8 Å². The van der Waals surface area contributed by atoms with Crippen LogP contribution >= 0.6 is 7.67 Å². The van der Waals surface area contributed by atoms with Crippen LogP contribution in [0.15, 0.2) is 11.1 Å². The number of hydrogen-bond donors (Lipinski definition) is 5. The zero-order valence-electron chi connectivity index (χ0n) is 30.3. The van der Waals surface area contributed by atoms with E-state index in [1.807, 2.05) is 41.5 Å². The number of nitrogens with one attached hydrogen (secondary N) is 3. The van der Waals surface area contributed by atoms with Crippen molar-refractivity contribution in [1.82, 2.24) is 29.7 Å². The predicted octanol–water partition coefficient (Wildman–Crippen LogP) is 2.96. The number of ether oxygens (including phenoxy) is 4. The van der Waals surface area contributed by atoms with Gasteiger partial charge in [0.2, 0.25) is 5.88 Å². The van der Waals surface area contributed by atoms with E-state index in [-0.39, 0.29) is 54.9 Å². The van der Waals surface area contributed by atoms with Crippen LogP contribution < -0.4 is 20.6 Å². The first-order valence-electron chi connectivity index (χ1n) is 17.3. The van der Waals surface area contributed by atoms with E-state index in [0.717, 1.165) is 12.8 Å². The van der Waals surface area contributed by atoms with Crippen LogP contribution in [0.5, 0.6) is 5.88 Å². The number of rotatable bonds is 21. The van der Waals surface area contributed by atoms with Crippen molar-refractivity contribution in [2.24, 2.45) is 11.8 Å². The third kappa shape index (κ3) is 10.8. The first kappa shape index (κ1) is 41.5. The molecule has 1 saturated heterocycles. The molecule has 17 nitrogen and oxygen atoms in total. The number of aromatic nitrogens is 4. The number of aromatic amines is 1. The Hall–Kier alpha value is -2.92. The first-order chi connectivity index (χ1) is 23.6. The molecule has 2 aromatic heterocycles. The quantitative estimate of drug-likeness (QED) is 0.0707. The molecule has 1 aliphatic rings. The zero-order valence-corrected chi connectivity index (χ0v) is 31.2. The molecule has 0 radical (unpaired) electrons.